The summed E-state index contributed by atoms with van der Waals surface area (Å²) >= 11 is 3.78. The molecule has 0 radical (unpaired) electrons. The number of halogens is 1. The zero-order valence-corrected chi connectivity index (χ0v) is 32.6. The summed E-state index contributed by atoms with van der Waals surface area (Å²) in [6.07, 6.45) is 5.07. The molecule has 1 saturated carbocycles. The predicted octanol–water partition coefficient (Wildman–Crippen LogP) is 15.1. The van der Waals surface area contributed by atoms with Crippen molar-refractivity contribution in [1.82, 2.24) is 4.57 Å². The van der Waals surface area contributed by atoms with Crippen molar-refractivity contribution in [2.45, 2.75) is 31.1 Å². The third kappa shape index (κ3) is 5.37. The highest BCUT2D eigenvalue weighted by atomic mass is 79.9. The van der Waals surface area contributed by atoms with E-state index >= 15 is 0 Å². The first-order valence-corrected chi connectivity index (χ1v) is 20.5. The number of fused-ring (bicyclic) bond motifs is 8. The van der Waals surface area contributed by atoms with Crippen molar-refractivity contribution in [1.29, 1.82) is 0 Å². The molecule has 56 heavy (non-hydrogen) atoms. The first-order chi connectivity index (χ1) is 27.6. The van der Waals surface area contributed by atoms with E-state index in [1.807, 2.05) is 0 Å². The lowest BCUT2D eigenvalue weighted by molar-refractivity contribution is 0.549. The Hall–Kier alpha value is -6.16. The molecule has 1 heterocycles. The number of hydrogen-bond acceptors (Lipinski definition) is 1. The number of anilines is 2. The Balaban J connectivity index is 0.897. The predicted molar refractivity (Wildman–Crippen MR) is 239 cm³/mol. The summed E-state index contributed by atoms with van der Waals surface area (Å²) in [7, 11) is 0. The molecule has 0 atom stereocenters. The van der Waals surface area contributed by atoms with Gasteiger partial charge in [0.1, 0.15) is 0 Å². The molecular formula is C53H39BrN2. The van der Waals surface area contributed by atoms with E-state index < -0.39 is 0 Å². The van der Waals surface area contributed by atoms with Crippen LogP contribution in [-0.2, 0) is 5.41 Å². The first kappa shape index (κ1) is 33.2. The van der Waals surface area contributed by atoms with E-state index in [9.17, 15) is 0 Å². The van der Waals surface area contributed by atoms with Crippen molar-refractivity contribution >= 4 is 49.1 Å². The third-order valence-corrected chi connectivity index (χ3v) is 12.9. The minimum atomic E-state index is 0.162. The van der Waals surface area contributed by atoms with Crippen LogP contribution in [0.4, 0.5) is 11.4 Å². The summed E-state index contributed by atoms with van der Waals surface area (Å²) in [5.41, 5.74) is 19.0. The number of hydrogen-bond donors (Lipinski definition) is 1. The van der Waals surface area contributed by atoms with Gasteiger partial charge in [0.05, 0.1) is 11.0 Å². The smallest absolute Gasteiger partial charge is 0.0547 e. The number of aromatic nitrogens is 1. The number of nitrogens with zero attached hydrogens (tertiary/aromatic N) is 1. The molecule has 3 heteroatoms. The van der Waals surface area contributed by atoms with Gasteiger partial charge in [0.15, 0.2) is 0 Å². The molecule has 11 rings (SSSR count). The van der Waals surface area contributed by atoms with Gasteiger partial charge in [0.2, 0.25) is 0 Å². The fraction of sp³-hybridized carbons (Fsp3) is 0.0943. The molecule has 0 amide bonds. The molecule has 8 aromatic carbocycles. The van der Waals surface area contributed by atoms with E-state index in [4.69, 9.17) is 0 Å². The Bertz CT molecular complexity index is 2950. The van der Waals surface area contributed by atoms with Crippen LogP contribution in [0, 0.1) is 0 Å². The molecule has 0 bridgehead atoms. The highest BCUT2D eigenvalue weighted by Gasteiger charge is 2.45. The molecule has 1 spiro atoms. The van der Waals surface area contributed by atoms with Crippen molar-refractivity contribution in [3.63, 3.8) is 0 Å². The maximum atomic E-state index is 3.78. The Labute approximate surface area is 336 Å². The number of para-hydroxylation sites is 3. The maximum Gasteiger partial charge on any atom is 0.0547 e. The van der Waals surface area contributed by atoms with Gasteiger partial charge in [-0.1, -0.05) is 144 Å². The average molecular weight is 784 g/mol. The largest absolute Gasteiger partial charge is 0.355 e. The van der Waals surface area contributed by atoms with Crippen molar-refractivity contribution in [3.8, 4) is 50.2 Å². The molecule has 1 fully saturated rings. The van der Waals surface area contributed by atoms with Gasteiger partial charge in [0.25, 0.3) is 0 Å². The first-order valence-electron chi connectivity index (χ1n) is 19.7. The van der Waals surface area contributed by atoms with Gasteiger partial charge in [0, 0.05) is 43.3 Å². The molecule has 0 saturated heterocycles. The van der Waals surface area contributed by atoms with Crippen molar-refractivity contribution in [3.05, 3.63) is 198 Å². The van der Waals surface area contributed by atoms with Gasteiger partial charge in [-0.15, -0.1) is 0 Å². The minimum absolute atomic E-state index is 0.162. The van der Waals surface area contributed by atoms with Gasteiger partial charge >= 0.3 is 0 Å². The van der Waals surface area contributed by atoms with Gasteiger partial charge in [-0.2, -0.15) is 0 Å². The van der Waals surface area contributed by atoms with Crippen LogP contribution in [0.15, 0.2) is 186 Å². The lowest BCUT2D eigenvalue weighted by Crippen LogP contribution is -2.20. The topological polar surface area (TPSA) is 17.0 Å². The third-order valence-electron chi connectivity index (χ3n) is 12.4. The standard InChI is InChI=1S/C53H39BrN2/c54-40-23-27-44-47-32-37(22-28-48(47)53(49(44)34-40)29-8-9-30-53)36-11-10-12-39(31-36)43-15-4-6-17-50(43)55-41-24-19-35(20-25-41)38-21-26-46-45-16-5-7-18-51(45)56(52(46)33-38)42-13-2-1-3-14-42/h1-7,10-28,31-34,55H,8-9,29-30H2. The number of benzene rings is 8. The van der Waals surface area contributed by atoms with Crippen LogP contribution in [0.25, 0.3) is 72.0 Å². The summed E-state index contributed by atoms with van der Waals surface area (Å²) in [5, 5.41) is 6.29. The molecule has 2 aliphatic carbocycles. The van der Waals surface area contributed by atoms with Crippen LogP contribution in [-0.4, -0.2) is 4.57 Å². The fourth-order valence-corrected chi connectivity index (χ4v) is 10.2. The van der Waals surface area contributed by atoms with Gasteiger partial charge in [-0.3, -0.25) is 0 Å². The van der Waals surface area contributed by atoms with E-state index in [0.717, 1.165) is 11.4 Å². The zero-order chi connectivity index (χ0) is 37.2. The van der Waals surface area contributed by atoms with Crippen LogP contribution in [0.1, 0.15) is 36.8 Å². The number of nitrogens with one attached hydrogen (secondary N) is 1. The lowest BCUT2D eigenvalue weighted by Gasteiger charge is -2.26. The van der Waals surface area contributed by atoms with Crippen molar-refractivity contribution in [2.75, 3.05) is 5.32 Å². The summed E-state index contributed by atoms with van der Waals surface area (Å²) in [5.74, 6) is 0. The van der Waals surface area contributed by atoms with Crippen LogP contribution in [0.3, 0.4) is 0 Å². The molecule has 2 aliphatic rings. The Morgan fingerprint density at radius 2 is 1.14 bits per heavy atom. The van der Waals surface area contributed by atoms with Crippen LogP contribution < -0.4 is 5.32 Å². The lowest BCUT2D eigenvalue weighted by atomic mass is 9.76. The second-order valence-corrected chi connectivity index (χ2v) is 16.4. The summed E-state index contributed by atoms with van der Waals surface area (Å²) in [6.45, 7) is 0. The number of rotatable bonds is 6. The maximum absolute atomic E-state index is 3.78. The van der Waals surface area contributed by atoms with E-state index in [2.05, 4.69) is 208 Å². The highest BCUT2D eigenvalue weighted by Crippen LogP contribution is 2.57. The summed E-state index contributed by atoms with van der Waals surface area (Å²) in [6, 6.07) is 66.8. The summed E-state index contributed by atoms with van der Waals surface area (Å²) in [4.78, 5) is 0. The molecule has 1 N–H and O–H groups in total. The Morgan fingerprint density at radius 1 is 0.446 bits per heavy atom. The quantitative estimate of drug-likeness (QED) is 0.178. The molecule has 268 valence electrons. The van der Waals surface area contributed by atoms with Crippen LogP contribution in [0.5, 0.6) is 0 Å². The average Bonchev–Trinajstić information content (AvgIpc) is 3.95. The molecule has 9 aromatic rings. The second-order valence-electron chi connectivity index (χ2n) is 15.5. The minimum Gasteiger partial charge on any atom is -0.355 e. The van der Waals surface area contributed by atoms with Crippen LogP contribution >= 0.6 is 15.9 Å². The zero-order valence-electron chi connectivity index (χ0n) is 31.0. The monoisotopic (exact) mass is 782 g/mol. The molecule has 0 aliphatic heterocycles. The summed E-state index contributed by atoms with van der Waals surface area (Å²) < 4.78 is 3.55. The van der Waals surface area contributed by atoms with E-state index in [-0.39, 0.29) is 5.41 Å². The van der Waals surface area contributed by atoms with E-state index in [0.29, 0.717) is 0 Å². The van der Waals surface area contributed by atoms with E-state index in [1.54, 1.807) is 0 Å². The molecule has 1 aromatic heterocycles. The molecule has 0 unspecified atom stereocenters. The second kappa shape index (κ2) is 13.3. The normalized spacial score (nSPS) is 14.0. The van der Waals surface area contributed by atoms with Gasteiger partial charge in [-0.25, -0.2) is 0 Å². The van der Waals surface area contributed by atoms with Gasteiger partial charge < -0.3 is 9.88 Å². The van der Waals surface area contributed by atoms with Crippen molar-refractivity contribution in [2.24, 2.45) is 0 Å². The van der Waals surface area contributed by atoms with Crippen molar-refractivity contribution < 1.29 is 0 Å². The Morgan fingerprint density at radius 3 is 2.02 bits per heavy atom. The fourth-order valence-electron chi connectivity index (χ4n) is 9.79. The van der Waals surface area contributed by atoms with Crippen LogP contribution in [0.2, 0.25) is 0 Å². The SMILES string of the molecule is Brc1ccc2c(c1)C1(CCCC1)c1ccc(-c3cccc(-c4ccccc4Nc4ccc(-c5ccc6c7ccccc7n(-c7ccccc7)c6c5)cc4)c3)cc1-2. The van der Waals surface area contributed by atoms with E-state index in [1.165, 1.54) is 113 Å². The molecule has 2 nitrogen and oxygen atoms in total. The highest BCUT2D eigenvalue weighted by molar-refractivity contribution is 9.10. The molecular weight excluding hydrogens is 745 g/mol. The van der Waals surface area contributed by atoms with Gasteiger partial charge in [-0.05, 0) is 130 Å². The Kier molecular flexibility index (Phi) is 7.86.